The van der Waals surface area contributed by atoms with Crippen molar-refractivity contribution in [3.63, 3.8) is 0 Å². The van der Waals surface area contributed by atoms with Crippen LogP contribution in [0.4, 0.5) is 5.69 Å². The Hall–Kier alpha value is -3.32. The van der Waals surface area contributed by atoms with E-state index in [0.717, 1.165) is 12.0 Å². The maximum atomic E-state index is 13.0. The van der Waals surface area contributed by atoms with Gasteiger partial charge in [-0.15, -0.1) is 0 Å². The molecule has 7 nitrogen and oxygen atoms in total. The molecule has 0 atom stereocenters. The van der Waals surface area contributed by atoms with Gasteiger partial charge in [0, 0.05) is 41.4 Å². The predicted octanol–water partition coefficient (Wildman–Crippen LogP) is 3.22. The van der Waals surface area contributed by atoms with Crippen LogP contribution >= 0.6 is 11.6 Å². The van der Waals surface area contributed by atoms with E-state index in [-0.39, 0.29) is 18.4 Å². The number of hydrogen-bond acceptors (Lipinski definition) is 5. The number of nitrogens with one attached hydrogen (secondary N) is 1. The van der Waals surface area contributed by atoms with Crippen molar-refractivity contribution < 1.29 is 9.59 Å². The minimum absolute atomic E-state index is 0.0447. The van der Waals surface area contributed by atoms with Crippen LogP contribution in [-0.4, -0.2) is 44.8 Å². The zero-order chi connectivity index (χ0) is 20.2. The lowest BCUT2D eigenvalue weighted by atomic mass is 10.1. The Balaban J connectivity index is 1.50. The van der Waals surface area contributed by atoms with E-state index in [1.165, 1.54) is 4.90 Å². The van der Waals surface area contributed by atoms with Gasteiger partial charge in [-0.2, -0.15) is 0 Å². The highest BCUT2D eigenvalue weighted by Crippen LogP contribution is 2.21. The van der Waals surface area contributed by atoms with Crippen molar-refractivity contribution in [2.24, 2.45) is 0 Å². The normalized spacial score (nSPS) is 13.6. The highest BCUT2D eigenvalue weighted by molar-refractivity contribution is 6.30. The summed E-state index contributed by atoms with van der Waals surface area (Å²) in [6.07, 6.45) is 6.27. The zero-order valence-electron chi connectivity index (χ0n) is 15.5. The van der Waals surface area contributed by atoms with Gasteiger partial charge < -0.3 is 10.2 Å². The third-order valence-electron chi connectivity index (χ3n) is 4.61. The fourth-order valence-corrected chi connectivity index (χ4v) is 3.42. The number of hydrogen-bond donors (Lipinski definition) is 1. The van der Waals surface area contributed by atoms with E-state index in [2.05, 4.69) is 20.3 Å². The van der Waals surface area contributed by atoms with E-state index in [9.17, 15) is 9.59 Å². The topological polar surface area (TPSA) is 88.1 Å². The Labute approximate surface area is 172 Å². The fraction of sp³-hybridized carbons (Fsp3) is 0.190. The molecule has 1 N–H and O–H groups in total. The molecule has 1 aliphatic heterocycles. The zero-order valence-corrected chi connectivity index (χ0v) is 16.3. The van der Waals surface area contributed by atoms with Gasteiger partial charge in [0.15, 0.2) is 5.82 Å². The number of nitrogens with zero attached hydrogens (tertiary/aromatic N) is 4. The number of benzene rings is 1. The third kappa shape index (κ3) is 4.41. The van der Waals surface area contributed by atoms with Crippen LogP contribution in [0.15, 0.2) is 55.0 Å². The summed E-state index contributed by atoms with van der Waals surface area (Å²) in [6, 6.07) is 10.5. The highest BCUT2D eigenvalue weighted by atomic mass is 35.5. The standard InChI is InChI=1S/C21H18ClN5O2/c22-15-3-1-4-16(11-15)25-19(28)13-27-10-2-5-18-17(21(27)29)12-24-20(26-18)14-6-8-23-9-7-14/h1,3-4,6-9,11-12H,2,5,10,13H2,(H,25,28). The average molecular weight is 408 g/mol. The van der Waals surface area contributed by atoms with Crippen molar-refractivity contribution in [1.29, 1.82) is 0 Å². The number of carbonyl (C=O) groups excluding carboxylic acids is 2. The van der Waals surface area contributed by atoms with Crippen LogP contribution in [0.2, 0.25) is 5.02 Å². The van der Waals surface area contributed by atoms with Gasteiger partial charge in [-0.05, 0) is 43.2 Å². The van der Waals surface area contributed by atoms with Crippen LogP contribution in [0.5, 0.6) is 0 Å². The van der Waals surface area contributed by atoms with Crippen molar-refractivity contribution in [2.45, 2.75) is 12.8 Å². The SMILES string of the molecule is O=C(CN1CCCc2nc(-c3ccncc3)ncc2C1=O)Nc1cccc(Cl)c1. The number of fused-ring (bicyclic) bond motifs is 1. The largest absolute Gasteiger partial charge is 0.329 e. The minimum atomic E-state index is -0.279. The summed E-state index contributed by atoms with van der Waals surface area (Å²) in [7, 11) is 0. The second kappa shape index (κ2) is 8.36. The molecule has 2 amide bonds. The first-order valence-corrected chi connectivity index (χ1v) is 9.59. The molecular formula is C21H18ClN5O2. The Morgan fingerprint density at radius 2 is 2.03 bits per heavy atom. The summed E-state index contributed by atoms with van der Waals surface area (Å²) in [4.78, 5) is 39.8. The summed E-state index contributed by atoms with van der Waals surface area (Å²) < 4.78 is 0. The number of carbonyl (C=O) groups is 2. The van der Waals surface area contributed by atoms with Gasteiger partial charge in [0.2, 0.25) is 5.91 Å². The summed E-state index contributed by atoms with van der Waals surface area (Å²) in [5.74, 6) is 0.0458. The maximum absolute atomic E-state index is 13.0. The Bertz CT molecular complexity index is 1060. The van der Waals surface area contributed by atoms with Crippen molar-refractivity contribution in [2.75, 3.05) is 18.4 Å². The molecular weight excluding hydrogens is 390 g/mol. The number of amides is 2. The molecule has 0 spiro atoms. The van der Waals surface area contributed by atoms with E-state index in [4.69, 9.17) is 11.6 Å². The monoisotopic (exact) mass is 407 g/mol. The second-order valence-electron chi connectivity index (χ2n) is 6.68. The van der Waals surface area contributed by atoms with Crippen molar-refractivity contribution in [3.05, 3.63) is 71.3 Å². The van der Waals surface area contributed by atoms with Crippen LogP contribution in [0.1, 0.15) is 22.5 Å². The molecule has 0 unspecified atom stereocenters. The molecule has 1 aromatic carbocycles. The fourth-order valence-electron chi connectivity index (χ4n) is 3.23. The average Bonchev–Trinajstić information content (AvgIpc) is 2.87. The number of rotatable bonds is 4. The van der Waals surface area contributed by atoms with E-state index < -0.39 is 0 Å². The first-order valence-electron chi connectivity index (χ1n) is 9.21. The minimum Gasteiger partial charge on any atom is -0.329 e. The number of halogens is 1. The maximum Gasteiger partial charge on any atom is 0.257 e. The molecule has 2 aromatic heterocycles. The van der Waals surface area contributed by atoms with Crippen LogP contribution < -0.4 is 5.32 Å². The molecule has 0 bridgehead atoms. The predicted molar refractivity (Wildman–Crippen MR) is 110 cm³/mol. The molecule has 0 saturated heterocycles. The summed E-state index contributed by atoms with van der Waals surface area (Å²) in [5, 5.41) is 3.30. The quantitative estimate of drug-likeness (QED) is 0.717. The van der Waals surface area contributed by atoms with Gasteiger partial charge in [-0.3, -0.25) is 14.6 Å². The van der Waals surface area contributed by atoms with Crippen molar-refractivity contribution in [1.82, 2.24) is 19.9 Å². The molecule has 3 heterocycles. The van der Waals surface area contributed by atoms with Crippen LogP contribution in [0.3, 0.4) is 0 Å². The first kappa shape index (κ1) is 19.0. The molecule has 0 radical (unpaired) electrons. The lowest BCUT2D eigenvalue weighted by Crippen LogP contribution is -2.38. The van der Waals surface area contributed by atoms with Crippen LogP contribution in [0, 0.1) is 0 Å². The van der Waals surface area contributed by atoms with Crippen molar-refractivity contribution >= 4 is 29.1 Å². The summed E-state index contributed by atoms with van der Waals surface area (Å²) in [6.45, 7) is 0.430. The van der Waals surface area contributed by atoms with Gasteiger partial charge in [0.25, 0.3) is 5.91 Å². The molecule has 29 heavy (non-hydrogen) atoms. The Morgan fingerprint density at radius 3 is 2.83 bits per heavy atom. The van der Waals surface area contributed by atoms with Gasteiger partial charge in [0.05, 0.1) is 11.3 Å². The Morgan fingerprint density at radius 1 is 1.21 bits per heavy atom. The van der Waals surface area contributed by atoms with Crippen molar-refractivity contribution in [3.8, 4) is 11.4 Å². The van der Waals surface area contributed by atoms with Crippen LogP contribution in [-0.2, 0) is 11.2 Å². The number of aryl methyl sites for hydroxylation is 1. The number of anilines is 1. The van der Waals surface area contributed by atoms with Gasteiger partial charge in [0.1, 0.15) is 6.54 Å². The molecule has 1 aliphatic rings. The van der Waals surface area contributed by atoms with Gasteiger partial charge in [-0.1, -0.05) is 17.7 Å². The lowest BCUT2D eigenvalue weighted by molar-refractivity contribution is -0.116. The molecule has 4 rings (SSSR count). The van der Waals surface area contributed by atoms with E-state index in [0.29, 0.717) is 40.8 Å². The van der Waals surface area contributed by atoms with Crippen LogP contribution in [0.25, 0.3) is 11.4 Å². The smallest absolute Gasteiger partial charge is 0.257 e. The number of pyridine rings is 1. The Kier molecular flexibility index (Phi) is 5.48. The lowest BCUT2D eigenvalue weighted by Gasteiger charge is -2.20. The second-order valence-corrected chi connectivity index (χ2v) is 7.12. The van der Waals surface area contributed by atoms with E-state index in [1.54, 1.807) is 42.9 Å². The van der Waals surface area contributed by atoms with E-state index >= 15 is 0 Å². The summed E-state index contributed by atoms with van der Waals surface area (Å²) >= 11 is 5.94. The third-order valence-corrected chi connectivity index (χ3v) is 4.84. The molecule has 8 heteroatoms. The van der Waals surface area contributed by atoms with E-state index in [1.807, 2.05) is 12.1 Å². The molecule has 146 valence electrons. The molecule has 0 aliphatic carbocycles. The highest BCUT2D eigenvalue weighted by Gasteiger charge is 2.26. The molecule has 0 saturated carbocycles. The molecule has 3 aromatic rings. The first-order chi connectivity index (χ1) is 14.1. The van der Waals surface area contributed by atoms with Gasteiger partial charge in [-0.25, -0.2) is 9.97 Å². The summed E-state index contributed by atoms with van der Waals surface area (Å²) in [5.41, 5.74) is 2.58. The number of aromatic nitrogens is 3. The molecule has 0 fully saturated rings. The van der Waals surface area contributed by atoms with Gasteiger partial charge >= 0.3 is 0 Å².